The zero-order valence-corrected chi connectivity index (χ0v) is 24.7. The summed E-state index contributed by atoms with van der Waals surface area (Å²) in [5.74, 6) is -7.47. The molecule has 0 unspecified atom stereocenters. The van der Waals surface area contributed by atoms with Gasteiger partial charge in [-0.15, -0.1) is 0 Å². The highest BCUT2D eigenvalue weighted by Gasteiger charge is 2.38. The second-order valence-corrected chi connectivity index (χ2v) is 9.06. The number of carbonyl (C=O) groups excluding carboxylic acids is 6. The Morgan fingerprint density at radius 2 is 0.775 bits per heavy atom. The van der Waals surface area contributed by atoms with Crippen molar-refractivity contribution in [2.75, 3.05) is 26.4 Å². The predicted molar refractivity (Wildman–Crippen MR) is 146 cm³/mol. The quantitative estimate of drug-likeness (QED) is 0.0853. The molecule has 0 aliphatic rings. The van der Waals surface area contributed by atoms with Crippen molar-refractivity contribution in [3.05, 3.63) is 0 Å². The van der Waals surface area contributed by atoms with Gasteiger partial charge in [-0.2, -0.15) is 0 Å². The van der Waals surface area contributed by atoms with Crippen molar-refractivity contribution in [2.24, 2.45) is 5.92 Å². The normalized spacial score (nSPS) is 10.8. The number of rotatable bonds is 22. The van der Waals surface area contributed by atoms with E-state index in [9.17, 15) is 28.8 Å². The molecule has 230 valence electrons. The zero-order chi connectivity index (χ0) is 30.3. The van der Waals surface area contributed by atoms with Gasteiger partial charge in [0.2, 0.25) is 23.9 Å². The van der Waals surface area contributed by atoms with Gasteiger partial charge < -0.3 is 29.6 Å². The number of unbranched alkanes of at least 4 members (excludes halogenated alkanes) is 8. The third kappa shape index (κ3) is 14.8. The molecule has 0 aliphatic carbocycles. The molecule has 0 saturated carbocycles. The van der Waals surface area contributed by atoms with Crippen LogP contribution in [-0.2, 0) is 47.7 Å². The van der Waals surface area contributed by atoms with E-state index in [2.05, 4.69) is 17.6 Å². The van der Waals surface area contributed by atoms with Crippen LogP contribution in [0.2, 0.25) is 0 Å². The maximum Gasteiger partial charge on any atom is 0.340 e. The molecule has 12 heteroatoms. The van der Waals surface area contributed by atoms with E-state index in [1.165, 1.54) is 47.0 Å². The van der Waals surface area contributed by atoms with Gasteiger partial charge in [0.1, 0.15) is 5.92 Å². The van der Waals surface area contributed by atoms with E-state index in [0.717, 1.165) is 32.1 Å². The monoisotopic (exact) mass is 572 g/mol. The van der Waals surface area contributed by atoms with Crippen LogP contribution in [-0.4, -0.2) is 74.2 Å². The van der Waals surface area contributed by atoms with Gasteiger partial charge in [0.25, 0.3) is 0 Å². The molecule has 12 nitrogen and oxygen atoms in total. The van der Waals surface area contributed by atoms with E-state index in [4.69, 9.17) is 18.9 Å². The van der Waals surface area contributed by atoms with Gasteiger partial charge in [0, 0.05) is 0 Å². The molecule has 0 rings (SSSR count). The molecule has 0 aromatic rings. The average molecular weight is 573 g/mol. The maximum atomic E-state index is 13.2. The average Bonchev–Trinajstić information content (AvgIpc) is 2.91. The van der Waals surface area contributed by atoms with E-state index in [-0.39, 0.29) is 32.8 Å². The van der Waals surface area contributed by atoms with Crippen molar-refractivity contribution in [3.63, 3.8) is 0 Å². The van der Waals surface area contributed by atoms with E-state index < -0.39 is 53.7 Å². The van der Waals surface area contributed by atoms with Crippen LogP contribution < -0.4 is 10.6 Å². The number of ether oxygens (including phenoxy) is 4. The Morgan fingerprint density at radius 3 is 1.07 bits per heavy atom. The summed E-state index contributed by atoms with van der Waals surface area (Å²) in [6.45, 7) is 8.11. The van der Waals surface area contributed by atoms with Crippen LogP contribution in [0.4, 0.5) is 0 Å². The first-order valence-electron chi connectivity index (χ1n) is 14.4. The van der Waals surface area contributed by atoms with Gasteiger partial charge in [-0.3, -0.25) is 9.59 Å². The fraction of sp³-hybridized carbons (Fsp3) is 0.786. The predicted octanol–water partition coefficient (Wildman–Crippen LogP) is 2.75. The van der Waals surface area contributed by atoms with Crippen molar-refractivity contribution in [1.82, 2.24) is 10.6 Å². The topological polar surface area (TPSA) is 163 Å². The lowest BCUT2D eigenvalue weighted by molar-refractivity contribution is -0.161. The molecule has 0 atom stereocenters. The molecule has 0 aliphatic heterocycles. The van der Waals surface area contributed by atoms with Crippen LogP contribution in [0.15, 0.2) is 0 Å². The number of amides is 2. The summed E-state index contributed by atoms with van der Waals surface area (Å²) in [6.07, 6.45) is 9.04. The highest BCUT2D eigenvalue weighted by atomic mass is 16.6. The molecule has 0 radical (unpaired) electrons. The minimum atomic E-state index is -1.78. The van der Waals surface area contributed by atoms with Gasteiger partial charge in [-0.1, -0.05) is 64.7 Å². The molecule has 0 aromatic heterocycles. The molecule has 0 bridgehead atoms. The first-order valence-corrected chi connectivity index (χ1v) is 14.4. The zero-order valence-electron chi connectivity index (χ0n) is 24.7. The smallest absolute Gasteiger partial charge is 0.340 e. The molecular formula is C28H48N2O10. The summed E-state index contributed by atoms with van der Waals surface area (Å²) >= 11 is 0. The second-order valence-electron chi connectivity index (χ2n) is 9.06. The van der Waals surface area contributed by atoms with Crippen LogP contribution in [0.25, 0.3) is 0 Å². The third-order valence-electron chi connectivity index (χ3n) is 5.89. The standard InChI is InChI=1S/C28H48N2O10/c1-6-11-12-13-14-15-16-17-18-19-20(23(31)29-21(25(33)37-7-2)26(34)38-8-3)24(32)30-22(27(35)39-9-4)28(36)40-10-5/h20-22H,6-19H2,1-5H3,(H,29,31)(H,30,32). The molecule has 2 amide bonds. The summed E-state index contributed by atoms with van der Waals surface area (Å²) in [4.78, 5) is 75.9. The Morgan fingerprint density at radius 1 is 0.475 bits per heavy atom. The lowest BCUT2D eigenvalue weighted by Gasteiger charge is -2.22. The summed E-state index contributed by atoms with van der Waals surface area (Å²) in [7, 11) is 0. The number of nitrogens with one attached hydrogen (secondary N) is 2. The van der Waals surface area contributed by atoms with Crippen molar-refractivity contribution in [3.8, 4) is 0 Å². The summed E-state index contributed by atoms with van der Waals surface area (Å²) in [5, 5.41) is 4.50. The van der Waals surface area contributed by atoms with Crippen LogP contribution in [0, 0.1) is 5.92 Å². The third-order valence-corrected chi connectivity index (χ3v) is 5.89. The summed E-state index contributed by atoms with van der Waals surface area (Å²) in [6, 6.07) is -3.56. The van der Waals surface area contributed by atoms with Crippen molar-refractivity contribution >= 4 is 35.7 Å². The molecule has 0 saturated heterocycles. The highest BCUT2D eigenvalue weighted by Crippen LogP contribution is 2.16. The Hall–Kier alpha value is -3.18. The van der Waals surface area contributed by atoms with Crippen LogP contribution in [0.1, 0.15) is 98.8 Å². The molecule has 0 spiro atoms. The summed E-state index contributed by atoms with van der Waals surface area (Å²) in [5.41, 5.74) is 0. The Kier molecular flexibility index (Phi) is 20.8. The van der Waals surface area contributed by atoms with Gasteiger partial charge in [0.05, 0.1) is 26.4 Å². The van der Waals surface area contributed by atoms with E-state index in [1.54, 1.807) is 0 Å². The minimum Gasteiger partial charge on any atom is -0.464 e. The number of carbonyl (C=O) groups is 6. The Balaban J connectivity index is 5.65. The van der Waals surface area contributed by atoms with E-state index in [0.29, 0.717) is 6.42 Å². The van der Waals surface area contributed by atoms with Gasteiger partial charge in [-0.05, 0) is 34.1 Å². The van der Waals surface area contributed by atoms with Gasteiger partial charge in [0.15, 0.2) is 0 Å². The van der Waals surface area contributed by atoms with Crippen molar-refractivity contribution < 1.29 is 47.7 Å². The molecule has 0 heterocycles. The number of hydrogen-bond acceptors (Lipinski definition) is 10. The SMILES string of the molecule is CCCCCCCCCCCC(C(=O)NC(C(=O)OCC)C(=O)OCC)C(=O)NC(C(=O)OCC)C(=O)OCC. The van der Waals surface area contributed by atoms with Crippen LogP contribution in [0.3, 0.4) is 0 Å². The minimum absolute atomic E-state index is 0.0459. The van der Waals surface area contributed by atoms with E-state index in [1.807, 2.05) is 0 Å². The fourth-order valence-corrected chi connectivity index (χ4v) is 3.86. The summed E-state index contributed by atoms with van der Waals surface area (Å²) < 4.78 is 19.5. The second kappa shape index (κ2) is 22.6. The first-order chi connectivity index (χ1) is 19.2. The van der Waals surface area contributed by atoms with E-state index >= 15 is 0 Å². The van der Waals surface area contributed by atoms with Crippen molar-refractivity contribution in [2.45, 2.75) is 111 Å². The Labute approximate surface area is 237 Å². The van der Waals surface area contributed by atoms with Gasteiger partial charge >= 0.3 is 23.9 Å². The van der Waals surface area contributed by atoms with Crippen LogP contribution in [0.5, 0.6) is 0 Å². The first kappa shape index (κ1) is 36.8. The lowest BCUT2D eigenvalue weighted by Crippen LogP contribution is -2.55. The Bertz CT molecular complexity index is 712. The molecular weight excluding hydrogens is 524 g/mol. The highest BCUT2D eigenvalue weighted by molar-refractivity contribution is 6.09. The molecule has 0 aromatic carbocycles. The molecule has 40 heavy (non-hydrogen) atoms. The maximum absolute atomic E-state index is 13.2. The number of hydrogen-bond donors (Lipinski definition) is 2. The number of esters is 4. The lowest BCUT2D eigenvalue weighted by atomic mass is 9.97. The fourth-order valence-electron chi connectivity index (χ4n) is 3.86. The van der Waals surface area contributed by atoms with Crippen molar-refractivity contribution in [1.29, 1.82) is 0 Å². The van der Waals surface area contributed by atoms with Gasteiger partial charge in [-0.25, -0.2) is 19.2 Å². The van der Waals surface area contributed by atoms with Crippen LogP contribution >= 0.6 is 0 Å². The molecule has 0 fully saturated rings. The largest absolute Gasteiger partial charge is 0.464 e. The molecule has 2 N–H and O–H groups in total.